The first-order valence-electron chi connectivity index (χ1n) is 8.61. The summed E-state index contributed by atoms with van der Waals surface area (Å²) in [5.74, 6) is -1.25. The molecule has 0 radical (unpaired) electrons. The molecule has 0 aliphatic carbocycles. The van der Waals surface area contributed by atoms with Crippen LogP contribution in [0.15, 0.2) is 47.7 Å². The van der Waals surface area contributed by atoms with Gasteiger partial charge in [0.2, 0.25) is 0 Å². The Labute approximate surface area is 171 Å². The number of nitrogens with one attached hydrogen (secondary N) is 3. The molecule has 3 N–H and O–H groups in total. The molecule has 0 fully saturated rings. The minimum Gasteiger partial charge on any atom is -0.497 e. The molecule has 1 unspecified atom stereocenters. The van der Waals surface area contributed by atoms with Gasteiger partial charge in [-0.3, -0.25) is 4.79 Å². The monoisotopic (exact) mass is 419 g/mol. The maximum Gasteiger partial charge on any atom is 0.255 e. The summed E-state index contributed by atoms with van der Waals surface area (Å²) in [7, 11) is 2.95. The number of methoxy groups -OCH3 is 2. The minimum atomic E-state index is -1.11. The van der Waals surface area contributed by atoms with E-state index in [-0.39, 0.29) is 16.2 Å². The van der Waals surface area contributed by atoms with Crippen LogP contribution in [0.5, 0.6) is 11.5 Å². The Kier molecular flexibility index (Phi) is 5.97. The van der Waals surface area contributed by atoms with Crippen molar-refractivity contribution in [3.8, 4) is 11.5 Å². The molecule has 2 aromatic carbocycles. The first-order chi connectivity index (χ1) is 13.8. The van der Waals surface area contributed by atoms with Gasteiger partial charge in [0, 0.05) is 11.8 Å². The second kappa shape index (κ2) is 8.44. The van der Waals surface area contributed by atoms with Crippen molar-refractivity contribution in [1.29, 1.82) is 0 Å². The fourth-order valence-electron chi connectivity index (χ4n) is 3.10. The van der Waals surface area contributed by atoms with Gasteiger partial charge < -0.3 is 25.4 Å². The summed E-state index contributed by atoms with van der Waals surface area (Å²) in [4.78, 5) is 13.1. The zero-order valence-electron chi connectivity index (χ0n) is 15.9. The SMILES string of the molecule is COc1ccc(OC)c(NC(=O)C2=C(C)NC(=S)NC2c2c(F)cccc2F)c1. The maximum absolute atomic E-state index is 14.4. The molecule has 0 spiro atoms. The van der Waals surface area contributed by atoms with Gasteiger partial charge in [-0.2, -0.15) is 0 Å². The average molecular weight is 419 g/mol. The van der Waals surface area contributed by atoms with Gasteiger partial charge >= 0.3 is 0 Å². The van der Waals surface area contributed by atoms with E-state index in [1.807, 2.05) is 0 Å². The highest BCUT2D eigenvalue weighted by Crippen LogP contribution is 2.33. The van der Waals surface area contributed by atoms with Gasteiger partial charge in [0.05, 0.1) is 37.1 Å². The zero-order valence-corrected chi connectivity index (χ0v) is 16.7. The van der Waals surface area contributed by atoms with Gasteiger partial charge in [0.1, 0.15) is 23.1 Å². The molecule has 6 nitrogen and oxygen atoms in total. The van der Waals surface area contributed by atoms with Crippen LogP contribution < -0.4 is 25.4 Å². The molecular formula is C20H19F2N3O3S. The number of rotatable bonds is 5. The Morgan fingerprint density at radius 1 is 1.14 bits per heavy atom. The van der Waals surface area contributed by atoms with Crippen molar-refractivity contribution in [1.82, 2.24) is 10.6 Å². The van der Waals surface area contributed by atoms with Crippen molar-refractivity contribution in [2.75, 3.05) is 19.5 Å². The van der Waals surface area contributed by atoms with E-state index in [2.05, 4.69) is 16.0 Å². The van der Waals surface area contributed by atoms with Gasteiger partial charge in [-0.1, -0.05) is 6.07 Å². The van der Waals surface area contributed by atoms with E-state index in [0.717, 1.165) is 12.1 Å². The van der Waals surface area contributed by atoms with Crippen molar-refractivity contribution in [2.24, 2.45) is 0 Å². The summed E-state index contributed by atoms with van der Waals surface area (Å²) in [5, 5.41) is 8.48. The fraction of sp³-hybridized carbons (Fsp3) is 0.200. The van der Waals surface area contributed by atoms with Crippen LogP contribution in [0.25, 0.3) is 0 Å². The van der Waals surface area contributed by atoms with Crippen LogP contribution >= 0.6 is 12.2 Å². The number of hydrogen-bond donors (Lipinski definition) is 3. The number of benzene rings is 2. The summed E-state index contributed by atoms with van der Waals surface area (Å²) < 4.78 is 39.3. The van der Waals surface area contributed by atoms with Crippen LogP contribution in [0.2, 0.25) is 0 Å². The van der Waals surface area contributed by atoms with Crippen LogP contribution in [0.1, 0.15) is 18.5 Å². The molecule has 9 heteroatoms. The second-order valence-corrected chi connectivity index (χ2v) is 6.63. The molecule has 2 aromatic rings. The first-order valence-corrected chi connectivity index (χ1v) is 9.02. The van der Waals surface area contributed by atoms with E-state index < -0.39 is 23.6 Å². The minimum absolute atomic E-state index is 0.0903. The first kappa shape index (κ1) is 20.5. The smallest absolute Gasteiger partial charge is 0.255 e. The summed E-state index contributed by atoms with van der Waals surface area (Å²) in [5.41, 5.74) is 0.518. The lowest BCUT2D eigenvalue weighted by atomic mass is 9.94. The molecule has 0 bridgehead atoms. The molecule has 1 heterocycles. The molecule has 0 saturated carbocycles. The number of anilines is 1. The van der Waals surface area contributed by atoms with Crippen LogP contribution in [-0.2, 0) is 4.79 Å². The topological polar surface area (TPSA) is 71.6 Å². The Morgan fingerprint density at radius 3 is 2.45 bits per heavy atom. The highest BCUT2D eigenvalue weighted by atomic mass is 32.1. The molecule has 1 atom stereocenters. The van der Waals surface area contributed by atoms with Gasteiger partial charge in [0.25, 0.3) is 5.91 Å². The number of halogens is 2. The lowest BCUT2D eigenvalue weighted by Crippen LogP contribution is -2.46. The summed E-state index contributed by atoms with van der Waals surface area (Å²) >= 11 is 5.12. The molecule has 3 rings (SSSR count). The van der Waals surface area contributed by atoms with E-state index in [1.165, 1.54) is 20.3 Å². The van der Waals surface area contributed by atoms with Gasteiger partial charge in [-0.25, -0.2) is 8.78 Å². The molecular weight excluding hydrogens is 400 g/mol. The van der Waals surface area contributed by atoms with E-state index in [9.17, 15) is 13.6 Å². The summed E-state index contributed by atoms with van der Waals surface area (Å²) in [6.07, 6.45) is 0. The molecule has 29 heavy (non-hydrogen) atoms. The van der Waals surface area contributed by atoms with Crippen molar-refractivity contribution in [2.45, 2.75) is 13.0 Å². The maximum atomic E-state index is 14.4. The molecule has 0 saturated heterocycles. The number of carbonyl (C=O) groups is 1. The van der Waals surface area contributed by atoms with E-state index in [4.69, 9.17) is 21.7 Å². The number of thiocarbonyl (C=S) groups is 1. The third-order valence-electron chi connectivity index (χ3n) is 4.46. The van der Waals surface area contributed by atoms with E-state index >= 15 is 0 Å². The molecule has 1 aliphatic rings. The lowest BCUT2D eigenvalue weighted by molar-refractivity contribution is -0.113. The van der Waals surface area contributed by atoms with E-state index in [0.29, 0.717) is 22.9 Å². The van der Waals surface area contributed by atoms with Crippen LogP contribution in [0.3, 0.4) is 0 Å². The number of carbonyl (C=O) groups excluding carboxylic acids is 1. The third-order valence-corrected chi connectivity index (χ3v) is 4.68. The molecule has 152 valence electrons. The standard InChI is InChI=1S/C20H19F2N3O3S/c1-10-16(19(26)24-14-9-11(27-2)7-8-15(14)28-3)18(25-20(29)23-10)17-12(21)5-4-6-13(17)22/h4-9,18H,1-3H3,(H,24,26)(H2,23,25,29). The van der Waals surface area contributed by atoms with Crippen molar-refractivity contribution >= 4 is 28.9 Å². The van der Waals surface area contributed by atoms with Crippen molar-refractivity contribution in [3.05, 3.63) is 64.9 Å². The fourth-order valence-corrected chi connectivity index (χ4v) is 3.37. The van der Waals surface area contributed by atoms with Crippen LogP contribution in [0, 0.1) is 11.6 Å². The zero-order chi connectivity index (χ0) is 21.1. The highest BCUT2D eigenvalue weighted by Gasteiger charge is 2.33. The Balaban J connectivity index is 2.03. The quantitative estimate of drug-likeness (QED) is 0.646. The largest absolute Gasteiger partial charge is 0.497 e. The average Bonchev–Trinajstić information content (AvgIpc) is 2.67. The van der Waals surface area contributed by atoms with Crippen molar-refractivity contribution < 1.29 is 23.0 Å². The normalized spacial score (nSPS) is 16.0. The summed E-state index contributed by atoms with van der Waals surface area (Å²) in [6.45, 7) is 1.61. The number of amides is 1. The van der Waals surface area contributed by atoms with Crippen LogP contribution in [0.4, 0.5) is 14.5 Å². The summed E-state index contributed by atoms with van der Waals surface area (Å²) in [6, 6.07) is 7.29. The third kappa shape index (κ3) is 4.14. The van der Waals surface area contributed by atoms with Crippen molar-refractivity contribution in [3.63, 3.8) is 0 Å². The molecule has 0 aromatic heterocycles. The lowest BCUT2D eigenvalue weighted by Gasteiger charge is -2.30. The predicted molar refractivity (Wildman–Crippen MR) is 109 cm³/mol. The number of hydrogen-bond acceptors (Lipinski definition) is 4. The molecule has 1 aliphatic heterocycles. The van der Waals surface area contributed by atoms with E-state index in [1.54, 1.807) is 25.1 Å². The highest BCUT2D eigenvalue weighted by molar-refractivity contribution is 7.80. The van der Waals surface area contributed by atoms with Gasteiger partial charge in [-0.05, 0) is 43.4 Å². The van der Waals surface area contributed by atoms with Crippen LogP contribution in [-0.4, -0.2) is 25.2 Å². The molecule has 1 amide bonds. The number of allylic oxidation sites excluding steroid dienone is 1. The van der Waals surface area contributed by atoms with Gasteiger partial charge in [0.15, 0.2) is 5.11 Å². The Morgan fingerprint density at radius 2 is 1.83 bits per heavy atom. The predicted octanol–water partition coefficient (Wildman–Crippen LogP) is 3.41. The second-order valence-electron chi connectivity index (χ2n) is 6.23. The number of ether oxygens (including phenoxy) is 2. The van der Waals surface area contributed by atoms with Gasteiger partial charge in [-0.15, -0.1) is 0 Å². The Hall–Kier alpha value is -3.20. The Bertz CT molecular complexity index is 990.